The zero-order valence-electron chi connectivity index (χ0n) is 15.0. The third kappa shape index (κ3) is 4.71. The van der Waals surface area contributed by atoms with Crippen LogP contribution in [0.3, 0.4) is 0 Å². The predicted octanol–water partition coefficient (Wildman–Crippen LogP) is 5.21. The Kier molecular flexibility index (Phi) is 6.34. The molecule has 3 aromatic rings. The number of benzene rings is 2. The highest BCUT2D eigenvalue weighted by Gasteiger charge is 2.29. The van der Waals surface area contributed by atoms with Crippen LogP contribution < -0.4 is 0 Å². The van der Waals surface area contributed by atoms with E-state index in [2.05, 4.69) is 15.2 Å². The molecular formula is C21H18ClF2N3O. The average molecular weight is 402 g/mol. The maximum atomic E-state index is 14.4. The van der Waals surface area contributed by atoms with Crippen molar-refractivity contribution in [1.82, 2.24) is 15.2 Å². The second-order valence-electron chi connectivity index (χ2n) is 6.27. The summed E-state index contributed by atoms with van der Waals surface area (Å²) in [5.74, 6) is -2.08. The van der Waals surface area contributed by atoms with E-state index in [1.807, 2.05) is 18.2 Å². The van der Waals surface area contributed by atoms with E-state index in [0.717, 1.165) is 17.7 Å². The number of H-pyrrole nitrogens is 1. The number of aliphatic hydroxyl groups is 1. The summed E-state index contributed by atoms with van der Waals surface area (Å²) in [6, 6.07) is 10.6. The lowest BCUT2D eigenvalue weighted by Gasteiger charge is -2.23. The van der Waals surface area contributed by atoms with Crippen LogP contribution in [-0.4, -0.2) is 20.3 Å². The van der Waals surface area contributed by atoms with Crippen LogP contribution in [0.1, 0.15) is 35.9 Å². The Bertz CT molecular complexity index is 985. The Morgan fingerprint density at radius 2 is 1.93 bits per heavy atom. The minimum atomic E-state index is -1.20. The fourth-order valence-corrected chi connectivity index (χ4v) is 3.04. The minimum Gasteiger partial charge on any atom is -0.384 e. The van der Waals surface area contributed by atoms with E-state index >= 15 is 0 Å². The van der Waals surface area contributed by atoms with E-state index in [1.165, 1.54) is 12.4 Å². The molecule has 0 saturated carbocycles. The van der Waals surface area contributed by atoms with Crippen molar-refractivity contribution in [2.75, 3.05) is 0 Å². The molecular weight excluding hydrogens is 384 g/mol. The zero-order valence-corrected chi connectivity index (χ0v) is 15.7. The molecule has 1 heterocycles. The van der Waals surface area contributed by atoms with E-state index in [-0.39, 0.29) is 11.4 Å². The van der Waals surface area contributed by atoms with Crippen molar-refractivity contribution in [3.63, 3.8) is 0 Å². The molecule has 0 aliphatic rings. The van der Waals surface area contributed by atoms with Crippen LogP contribution in [0.15, 0.2) is 66.5 Å². The number of aliphatic hydroxyl groups excluding tert-OH is 1. The number of halogens is 3. The second-order valence-corrected chi connectivity index (χ2v) is 6.70. The van der Waals surface area contributed by atoms with Crippen molar-refractivity contribution in [2.45, 2.75) is 18.9 Å². The summed E-state index contributed by atoms with van der Waals surface area (Å²) in [4.78, 5) is 3.96. The van der Waals surface area contributed by atoms with Crippen LogP contribution in [0, 0.1) is 11.6 Å². The lowest BCUT2D eigenvalue weighted by atomic mass is 9.86. The van der Waals surface area contributed by atoms with E-state index < -0.39 is 23.7 Å². The summed E-state index contributed by atoms with van der Waals surface area (Å²) in [6.45, 7) is 1.76. The van der Waals surface area contributed by atoms with Gasteiger partial charge in [0, 0.05) is 17.0 Å². The summed E-state index contributed by atoms with van der Waals surface area (Å²) in [6.07, 6.45) is 5.54. The number of hydrogen-bond donors (Lipinski definition) is 2. The van der Waals surface area contributed by atoms with E-state index in [1.54, 1.807) is 31.2 Å². The molecule has 7 heteroatoms. The van der Waals surface area contributed by atoms with Gasteiger partial charge in [-0.15, -0.1) is 0 Å². The topological polar surface area (TPSA) is 61.8 Å². The molecule has 4 nitrogen and oxygen atoms in total. The highest BCUT2D eigenvalue weighted by atomic mass is 35.5. The average Bonchev–Trinajstić information content (AvgIpc) is 3.20. The molecule has 28 heavy (non-hydrogen) atoms. The van der Waals surface area contributed by atoms with Gasteiger partial charge in [-0.1, -0.05) is 53.6 Å². The van der Waals surface area contributed by atoms with Crippen molar-refractivity contribution in [2.24, 2.45) is 0 Å². The summed E-state index contributed by atoms with van der Waals surface area (Å²) in [7, 11) is 0. The van der Waals surface area contributed by atoms with Crippen molar-refractivity contribution in [3.05, 3.63) is 100 Å². The largest absolute Gasteiger partial charge is 0.384 e. The van der Waals surface area contributed by atoms with Crippen molar-refractivity contribution < 1.29 is 13.9 Å². The van der Waals surface area contributed by atoms with E-state index in [9.17, 15) is 13.9 Å². The standard InChI is InChI=1S/C21H18ClF2N3O/c1-13(3-2-4-14-5-7-15(22)8-6-14)19(20(28)21-25-12-26-27-21)17-10-9-16(23)11-18(17)24/h2-12,19-20,28H,1H3,(H,25,26,27). The van der Waals surface area contributed by atoms with Crippen LogP contribution in [-0.2, 0) is 0 Å². The number of rotatable bonds is 6. The van der Waals surface area contributed by atoms with Gasteiger partial charge < -0.3 is 5.11 Å². The summed E-state index contributed by atoms with van der Waals surface area (Å²) < 4.78 is 27.8. The van der Waals surface area contributed by atoms with Gasteiger partial charge in [-0.05, 0) is 36.2 Å². The Morgan fingerprint density at radius 3 is 2.57 bits per heavy atom. The lowest BCUT2D eigenvalue weighted by molar-refractivity contribution is 0.146. The van der Waals surface area contributed by atoms with Crippen LogP contribution in [0.25, 0.3) is 6.08 Å². The van der Waals surface area contributed by atoms with Gasteiger partial charge in [0.25, 0.3) is 0 Å². The summed E-state index contributed by atoms with van der Waals surface area (Å²) in [5.41, 5.74) is 1.76. The Balaban J connectivity index is 1.94. The molecule has 0 spiro atoms. The number of allylic oxidation sites excluding steroid dienone is 2. The molecule has 144 valence electrons. The van der Waals surface area contributed by atoms with Gasteiger partial charge in [0.2, 0.25) is 0 Å². The molecule has 0 fully saturated rings. The number of aromatic amines is 1. The maximum absolute atomic E-state index is 14.4. The van der Waals surface area contributed by atoms with E-state index in [0.29, 0.717) is 10.6 Å². The highest BCUT2D eigenvalue weighted by molar-refractivity contribution is 6.30. The molecule has 0 radical (unpaired) electrons. The number of nitrogens with zero attached hydrogens (tertiary/aromatic N) is 2. The number of hydrogen-bond acceptors (Lipinski definition) is 3. The molecule has 0 bridgehead atoms. The first-order chi connectivity index (χ1) is 13.5. The van der Waals surface area contributed by atoms with Gasteiger partial charge in [-0.25, -0.2) is 13.8 Å². The van der Waals surface area contributed by atoms with Crippen LogP contribution in [0.4, 0.5) is 8.78 Å². The van der Waals surface area contributed by atoms with Crippen LogP contribution >= 0.6 is 11.6 Å². The first-order valence-corrected chi connectivity index (χ1v) is 8.92. The summed E-state index contributed by atoms with van der Waals surface area (Å²) >= 11 is 5.87. The molecule has 1 aromatic heterocycles. The Hall–Kier alpha value is -2.83. The molecule has 0 saturated heterocycles. The van der Waals surface area contributed by atoms with Gasteiger partial charge in [0.1, 0.15) is 24.1 Å². The first-order valence-electron chi connectivity index (χ1n) is 8.55. The monoisotopic (exact) mass is 401 g/mol. The lowest BCUT2D eigenvalue weighted by Crippen LogP contribution is -2.15. The normalized spacial score (nSPS) is 14.4. The third-order valence-corrected chi connectivity index (χ3v) is 4.57. The molecule has 0 aliphatic heterocycles. The van der Waals surface area contributed by atoms with Gasteiger partial charge in [-0.2, -0.15) is 5.10 Å². The SMILES string of the molecule is CC(=CC=Cc1ccc(Cl)cc1)C(c1ccc(F)cc1F)C(O)c1nc[nH]n1. The van der Waals surface area contributed by atoms with Gasteiger partial charge in [0.15, 0.2) is 5.82 Å². The molecule has 0 aliphatic carbocycles. The zero-order chi connectivity index (χ0) is 20.1. The summed E-state index contributed by atoms with van der Waals surface area (Å²) in [5, 5.41) is 17.8. The highest BCUT2D eigenvalue weighted by Crippen LogP contribution is 2.37. The molecule has 3 rings (SSSR count). The predicted molar refractivity (Wildman–Crippen MR) is 105 cm³/mol. The third-order valence-electron chi connectivity index (χ3n) is 4.32. The fourth-order valence-electron chi connectivity index (χ4n) is 2.92. The smallest absolute Gasteiger partial charge is 0.179 e. The number of nitrogens with one attached hydrogen (secondary N) is 1. The molecule has 2 unspecified atom stereocenters. The minimum absolute atomic E-state index is 0.128. The number of aromatic nitrogens is 3. The molecule has 0 amide bonds. The van der Waals surface area contributed by atoms with Crippen molar-refractivity contribution in [3.8, 4) is 0 Å². The van der Waals surface area contributed by atoms with Crippen LogP contribution in [0.2, 0.25) is 5.02 Å². The van der Waals surface area contributed by atoms with Gasteiger partial charge >= 0.3 is 0 Å². The molecule has 2 N–H and O–H groups in total. The molecule has 2 atom stereocenters. The molecule has 2 aromatic carbocycles. The maximum Gasteiger partial charge on any atom is 0.179 e. The van der Waals surface area contributed by atoms with Crippen LogP contribution in [0.5, 0.6) is 0 Å². The quantitative estimate of drug-likeness (QED) is 0.557. The Morgan fingerprint density at radius 1 is 1.18 bits per heavy atom. The Labute approximate surface area is 166 Å². The fraction of sp³-hybridized carbons (Fsp3) is 0.143. The van der Waals surface area contributed by atoms with Crippen molar-refractivity contribution >= 4 is 17.7 Å². The second kappa shape index (κ2) is 8.91. The van der Waals surface area contributed by atoms with Gasteiger partial charge in [-0.3, -0.25) is 5.10 Å². The van der Waals surface area contributed by atoms with E-state index in [4.69, 9.17) is 11.6 Å². The van der Waals surface area contributed by atoms with Crippen molar-refractivity contribution in [1.29, 1.82) is 0 Å². The first kappa shape index (κ1) is 19.9. The van der Waals surface area contributed by atoms with Gasteiger partial charge in [0.05, 0.1) is 0 Å².